The smallest absolute Gasteiger partial charge is 0.254 e. The minimum Gasteiger partial charge on any atom is -0.454 e. The van der Waals surface area contributed by atoms with Crippen molar-refractivity contribution in [2.24, 2.45) is 0 Å². The van der Waals surface area contributed by atoms with Gasteiger partial charge in [0.1, 0.15) is 0 Å². The number of nitrogens with one attached hydrogen (secondary N) is 1. The Hall–Kier alpha value is -3.22. The quantitative estimate of drug-likeness (QED) is 0.867. The number of carbonyl (C=O) groups excluding carboxylic acids is 2. The summed E-state index contributed by atoms with van der Waals surface area (Å²) < 4.78 is 10.7. The first-order valence-corrected chi connectivity index (χ1v) is 9.54. The molecule has 3 aliphatic heterocycles. The maximum atomic E-state index is 12.8. The van der Waals surface area contributed by atoms with Crippen LogP contribution in [0.15, 0.2) is 36.4 Å². The number of aryl methyl sites for hydroxylation is 1. The zero-order valence-electron chi connectivity index (χ0n) is 15.4. The molecule has 0 saturated carbocycles. The van der Waals surface area contributed by atoms with Crippen LogP contribution in [0.25, 0.3) is 0 Å². The van der Waals surface area contributed by atoms with E-state index in [0.29, 0.717) is 36.6 Å². The molecule has 0 aliphatic carbocycles. The summed E-state index contributed by atoms with van der Waals surface area (Å²) in [5.41, 5.74) is 3.79. The third-order valence-electron chi connectivity index (χ3n) is 5.54. The van der Waals surface area contributed by atoms with Crippen molar-refractivity contribution in [3.8, 4) is 11.5 Å². The molecule has 0 spiro atoms. The first-order chi connectivity index (χ1) is 13.7. The van der Waals surface area contributed by atoms with E-state index < -0.39 is 0 Å². The second kappa shape index (κ2) is 6.74. The van der Waals surface area contributed by atoms with Crippen LogP contribution in [0.2, 0.25) is 0 Å². The van der Waals surface area contributed by atoms with Crippen LogP contribution < -0.4 is 19.7 Å². The molecule has 0 atom stereocenters. The Bertz CT molecular complexity index is 951. The molecule has 2 amide bonds. The number of ether oxygens (including phenoxy) is 2. The molecule has 3 aliphatic rings. The molecular weight excluding hydrogens is 358 g/mol. The second-order valence-corrected chi connectivity index (χ2v) is 7.24. The van der Waals surface area contributed by atoms with Crippen LogP contribution in [0.5, 0.6) is 11.5 Å². The van der Waals surface area contributed by atoms with E-state index in [1.165, 1.54) is 5.56 Å². The van der Waals surface area contributed by atoms with Gasteiger partial charge in [0.25, 0.3) is 5.91 Å². The molecule has 0 unspecified atom stereocenters. The van der Waals surface area contributed by atoms with E-state index in [0.717, 1.165) is 30.9 Å². The molecule has 1 fully saturated rings. The van der Waals surface area contributed by atoms with E-state index in [2.05, 4.69) is 22.3 Å². The summed E-state index contributed by atoms with van der Waals surface area (Å²) in [6.07, 6.45) is 1.34. The van der Waals surface area contributed by atoms with Gasteiger partial charge in [-0.15, -0.1) is 0 Å². The van der Waals surface area contributed by atoms with Crippen molar-refractivity contribution in [2.45, 2.75) is 12.8 Å². The highest BCUT2D eigenvalue weighted by Gasteiger charge is 2.25. The Morgan fingerprint density at radius 1 is 0.929 bits per heavy atom. The lowest BCUT2D eigenvalue weighted by Gasteiger charge is -2.36. The minimum atomic E-state index is 0.00987. The SMILES string of the molecule is O=C1CCc2ccc(N3CCN(C(=O)c4ccc5c(c4)OCO5)CC3)cc2N1. The highest BCUT2D eigenvalue weighted by Crippen LogP contribution is 2.33. The van der Waals surface area contributed by atoms with Crippen LogP contribution in [-0.2, 0) is 11.2 Å². The molecule has 7 nitrogen and oxygen atoms in total. The summed E-state index contributed by atoms with van der Waals surface area (Å²) in [6, 6.07) is 11.6. The number of anilines is 2. The van der Waals surface area contributed by atoms with Crippen molar-refractivity contribution < 1.29 is 19.1 Å². The van der Waals surface area contributed by atoms with Gasteiger partial charge < -0.3 is 24.6 Å². The molecule has 1 N–H and O–H groups in total. The highest BCUT2D eigenvalue weighted by atomic mass is 16.7. The number of carbonyl (C=O) groups is 2. The van der Waals surface area contributed by atoms with Crippen LogP contribution in [0.3, 0.4) is 0 Å². The summed E-state index contributed by atoms with van der Waals surface area (Å²) in [5, 5.41) is 2.96. The highest BCUT2D eigenvalue weighted by molar-refractivity contribution is 5.95. The summed E-state index contributed by atoms with van der Waals surface area (Å²) in [5.74, 6) is 1.39. The number of hydrogen-bond donors (Lipinski definition) is 1. The van der Waals surface area contributed by atoms with Crippen molar-refractivity contribution in [3.05, 3.63) is 47.5 Å². The zero-order valence-corrected chi connectivity index (χ0v) is 15.4. The van der Waals surface area contributed by atoms with Gasteiger partial charge in [-0.25, -0.2) is 0 Å². The molecule has 28 heavy (non-hydrogen) atoms. The van der Waals surface area contributed by atoms with Crippen molar-refractivity contribution in [2.75, 3.05) is 43.2 Å². The van der Waals surface area contributed by atoms with E-state index >= 15 is 0 Å². The Morgan fingerprint density at radius 2 is 1.75 bits per heavy atom. The molecule has 3 heterocycles. The van der Waals surface area contributed by atoms with Crippen LogP contribution >= 0.6 is 0 Å². The van der Waals surface area contributed by atoms with Gasteiger partial charge in [0.05, 0.1) is 0 Å². The molecule has 0 aromatic heterocycles. The van der Waals surface area contributed by atoms with Crippen LogP contribution in [0, 0.1) is 0 Å². The Labute approximate surface area is 162 Å². The first-order valence-electron chi connectivity index (χ1n) is 9.54. The van der Waals surface area contributed by atoms with Gasteiger partial charge >= 0.3 is 0 Å². The van der Waals surface area contributed by atoms with Gasteiger partial charge in [0.2, 0.25) is 12.7 Å². The fourth-order valence-corrected chi connectivity index (χ4v) is 3.94. The third kappa shape index (κ3) is 3.02. The maximum Gasteiger partial charge on any atom is 0.254 e. The van der Waals surface area contributed by atoms with Crippen LogP contribution in [0.4, 0.5) is 11.4 Å². The van der Waals surface area contributed by atoms with Crippen molar-refractivity contribution >= 4 is 23.2 Å². The van der Waals surface area contributed by atoms with Crippen molar-refractivity contribution in [3.63, 3.8) is 0 Å². The normalized spacial score (nSPS) is 17.9. The Balaban J connectivity index is 1.26. The molecule has 5 rings (SSSR count). The van der Waals surface area contributed by atoms with E-state index in [1.807, 2.05) is 11.0 Å². The average Bonchev–Trinajstić information content (AvgIpc) is 3.20. The van der Waals surface area contributed by atoms with Gasteiger partial charge in [0.15, 0.2) is 11.5 Å². The predicted molar refractivity (Wildman–Crippen MR) is 104 cm³/mol. The van der Waals surface area contributed by atoms with Gasteiger partial charge in [-0.3, -0.25) is 9.59 Å². The third-order valence-corrected chi connectivity index (χ3v) is 5.54. The monoisotopic (exact) mass is 379 g/mol. The van der Waals surface area contributed by atoms with Crippen LogP contribution in [0.1, 0.15) is 22.3 Å². The Morgan fingerprint density at radius 3 is 2.61 bits per heavy atom. The molecular formula is C21H21N3O4. The Kier molecular flexibility index (Phi) is 4.07. The lowest BCUT2D eigenvalue weighted by atomic mass is 10.0. The van der Waals surface area contributed by atoms with E-state index in [-0.39, 0.29) is 18.6 Å². The zero-order chi connectivity index (χ0) is 19.1. The molecule has 1 saturated heterocycles. The second-order valence-electron chi connectivity index (χ2n) is 7.24. The van der Waals surface area contributed by atoms with Gasteiger partial charge in [0, 0.05) is 49.5 Å². The van der Waals surface area contributed by atoms with Crippen molar-refractivity contribution in [1.82, 2.24) is 4.90 Å². The van der Waals surface area contributed by atoms with E-state index in [4.69, 9.17) is 9.47 Å². The number of hydrogen-bond acceptors (Lipinski definition) is 5. The molecule has 2 aromatic carbocycles. The standard InChI is InChI=1S/C21H21N3O4/c25-20-6-3-14-1-4-16(12-17(14)22-20)23-7-9-24(10-8-23)21(26)15-2-5-18-19(11-15)28-13-27-18/h1-2,4-5,11-12H,3,6-10,13H2,(H,22,25). The summed E-state index contributed by atoms with van der Waals surface area (Å²) >= 11 is 0. The molecule has 0 bridgehead atoms. The molecule has 2 aromatic rings. The summed E-state index contributed by atoms with van der Waals surface area (Å²) in [4.78, 5) is 28.6. The number of nitrogens with zero attached hydrogens (tertiary/aromatic N) is 2. The number of fused-ring (bicyclic) bond motifs is 2. The number of piperazine rings is 1. The molecule has 144 valence electrons. The fraction of sp³-hybridized carbons (Fsp3) is 0.333. The van der Waals surface area contributed by atoms with Gasteiger partial charge in [-0.1, -0.05) is 6.07 Å². The predicted octanol–water partition coefficient (Wildman–Crippen LogP) is 2.26. The van der Waals surface area contributed by atoms with Gasteiger partial charge in [-0.2, -0.15) is 0 Å². The first kappa shape index (κ1) is 16.9. The topological polar surface area (TPSA) is 71.1 Å². The number of rotatable bonds is 2. The largest absolute Gasteiger partial charge is 0.454 e. The average molecular weight is 379 g/mol. The number of benzene rings is 2. The minimum absolute atomic E-state index is 0.00987. The summed E-state index contributed by atoms with van der Waals surface area (Å²) in [7, 11) is 0. The maximum absolute atomic E-state index is 12.8. The van der Waals surface area contributed by atoms with Crippen LogP contribution in [-0.4, -0.2) is 49.7 Å². The van der Waals surface area contributed by atoms with Gasteiger partial charge in [-0.05, 0) is 42.3 Å². The fourth-order valence-electron chi connectivity index (χ4n) is 3.94. The van der Waals surface area contributed by atoms with E-state index in [9.17, 15) is 9.59 Å². The summed E-state index contributed by atoms with van der Waals surface area (Å²) in [6.45, 7) is 3.01. The van der Waals surface area contributed by atoms with Crippen molar-refractivity contribution in [1.29, 1.82) is 0 Å². The number of amides is 2. The molecule has 0 radical (unpaired) electrons. The lowest BCUT2D eigenvalue weighted by molar-refractivity contribution is -0.116. The van der Waals surface area contributed by atoms with E-state index in [1.54, 1.807) is 18.2 Å². The molecule has 7 heteroatoms. The lowest BCUT2D eigenvalue weighted by Crippen LogP contribution is -2.48.